The summed E-state index contributed by atoms with van der Waals surface area (Å²) in [5.41, 5.74) is 1.42. The Balaban J connectivity index is 1.96. The van der Waals surface area contributed by atoms with Crippen molar-refractivity contribution in [1.29, 1.82) is 5.26 Å². The molecule has 36 heavy (non-hydrogen) atoms. The first-order chi connectivity index (χ1) is 17.5. The third-order valence-electron chi connectivity index (χ3n) is 4.98. The Morgan fingerprint density at radius 1 is 0.917 bits per heavy atom. The quantitative estimate of drug-likeness (QED) is 0.304. The number of methoxy groups -OCH3 is 3. The largest absolute Gasteiger partial charge is 0.496 e. The summed E-state index contributed by atoms with van der Waals surface area (Å²) >= 11 is 1.39. The highest BCUT2D eigenvalue weighted by atomic mass is 32.2. The average Bonchev–Trinajstić information content (AvgIpc) is 2.92. The van der Waals surface area contributed by atoms with Gasteiger partial charge in [-0.25, -0.2) is 0 Å². The number of hydrogen-bond acceptors (Lipinski definition) is 7. The molecule has 0 fully saturated rings. The van der Waals surface area contributed by atoms with Crippen LogP contribution in [0.2, 0.25) is 0 Å². The fourth-order valence-electron chi connectivity index (χ4n) is 3.21. The van der Waals surface area contributed by atoms with Gasteiger partial charge in [-0.3, -0.25) is 9.59 Å². The highest BCUT2D eigenvalue weighted by molar-refractivity contribution is 7.99. The summed E-state index contributed by atoms with van der Waals surface area (Å²) in [5.74, 6) is 0.667. The second kappa shape index (κ2) is 12.9. The summed E-state index contributed by atoms with van der Waals surface area (Å²) in [4.78, 5) is 27.1. The number of nitrogens with zero attached hydrogens (tertiary/aromatic N) is 1. The summed E-state index contributed by atoms with van der Waals surface area (Å²) < 4.78 is 16.2. The smallest absolute Gasteiger partial charge is 0.272 e. The Kier molecular flexibility index (Phi) is 9.37. The molecule has 3 rings (SSSR count). The Hall–Kier alpha value is -4.42. The molecule has 0 atom stereocenters. The van der Waals surface area contributed by atoms with Crippen molar-refractivity contribution >= 4 is 35.3 Å². The minimum absolute atomic E-state index is 0.00250. The molecule has 3 aromatic carbocycles. The lowest BCUT2D eigenvalue weighted by atomic mass is 10.1. The fourth-order valence-corrected chi connectivity index (χ4v) is 3.77. The number of hydrogen-bond donors (Lipinski definition) is 2. The Labute approximate surface area is 213 Å². The molecule has 0 saturated heterocycles. The molecule has 0 aliphatic heterocycles. The van der Waals surface area contributed by atoms with Gasteiger partial charge in [0.2, 0.25) is 0 Å². The monoisotopic (exact) mass is 503 g/mol. The van der Waals surface area contributed by atoms with E-state index in [-0.39, 0.29) is 5.70 Å². The van der Waals surface area contributed by atoms with Crippen LogP contribution in [0.15, 0.2) is 77.3 Å². The van der Waals surface area contributed by atoms with E-state index in [2.05, 4.69) is 16.7 Å². The van der Waals surface area contributed by atoms with Crippen molar-refractivity contribution < 1.29 is 23.8 Å². The second-order valence-corrected chi connectivity index (χ2v) is 8.30. The standard InChI is InChI=1S/C27H25N3O5S/c1-33-23-17-25(35-3)24(34-2)16-19(23)15-22(30-26(31)18-7-5-4-6-8-18)27(32)29-20-9-11-21(12-10-20)36-14-13-28/h4-12,15-17H,14H2,1-3H3,(H,29,32)(H,30,31)/b22-15-. The molecule has 0 radical (unpaired) electrons. The number of benzene rings is 3. The van der Waals surface area contributed by atoms with Gasteiger partial charge in [0.1, 0.15) is 11.4 Å². The number of ether oxygens (including phenoxy) is 3. The van der Waals surface area contributed by atoms with Gasteiger partial charge in [-0.15, -0.1) is 11.8 Å². The molecule has 2 N–H and O–H groups in total. The van der Waals surface area contributed by atoms with Gasteiger partial charge in [0.05, 0.1) is 33.2 Å². The molecular weight excluding hydrogens is 478 g/mol. The minimum Gasteiger partial charge on any atom is -0.496 e. The van der Waals surface area contributed by atoms with Gasteiger partial charge in [0, 0.05) is 27.8 Å². The summed E-state index contributed by atoms with van der Waals surface area (Å²) in [6, 6.07) is 21.0. The van der Waals surface area contributed by atoms with Crippen molar-refractivity contribution in [3.63, 3.8) is 0 Å². The van der Waals surface area contributed by atoms with E-state index < -0.39 is 11.8 Å². The lowest BCUT2D eigenvalue weighted by Crippen LogP contribution is -2.30. The topological polar surface area (TPSA) is 110 Å². The van der Waals surface area contributed by atoms with E-state index in [4.69, 9.17) is 19.5 Å². The lowest BCUT2D eigenvalue weighted by Gasteiger charge is -2.15. The van der Waals surface area contributed by atoms with Gasteiger partial charge in [0.25, 0.3) is 11.8 Å². The van der Waals surface area contributed by atoms with Crippen LogP contribution in [-0.2, 0) is 4.79 Å². The fraction of sp³-hybridized carbons (Fsp3) is 0.148. The summed E-state index contributed by atoms with van der Waals surface area (Å²) in [7, 11) is 4.50. The number of amides is 2. The molecule has 0 saturated carbocycles. The zero-order valence-electron chi connectivity index (χ0n) is 20.0. The van der Waals surface area contributed by atoms with Gasteiger partial charge >= 0.3 is 0 Å². The number of anilines is 1. The van der Waals surface area contributed by atoms with Crippen LogP contribution in [0.4, 0.5) is 5.69 Å². The van der Waals surface area contributed by atoms with E-state index in [0.29, 0.717) is 39.8 Å². The van der Waals surface area contributed by atoms with Crippen LogP contribution in [0.1, 0.15) is 15.9 Å². The first-order valence-electron chi connectivity index (χ1n) is 10.8. The molecule has 2 amide bonds. The summed E-state index contributed by atoms with van der Waals surface area (Å²) in [6.45, 7) is 0. The van der Waals surface area contributed by atoms with Crippen LogP contribution >= 0.6 is 11.8 Å². The first-order valence-corrected chi connectivity index (χ1v) is 11.8. The summed E-state index contributed by atoms with van der Waals surface area (Å²) in [5, 5.41) is 14.2. The molecule has 3 aromatic rings. The predicted octanol–water partition coefficient (Wildman–Crippen LogP) is 4.74. The van der Waals surface area contributed by atoms with E-state index in [1.165, 1.54) is 39.2 Å². The molecule has 0 aliphatic carbocycles. The maximum Gasteiger partial charge on any atom is 0.272 e. The molecule has 0 heterocycles. The molecule has 0 bridgehead atoms. The third-order valence-corrected chi connectivity index (χ3v) is 5.86. The molecule has 0 aromatic heterocycles. The van der Waals surface area contributed by atoms with Gasteiger partial charge in [0.15, 0.2) is 11.5 Å². The van der Waals surface area contributed by atoms with Gasteiger partial charge in [-0.1, -0.05) is 18.2 Å². The number of thioether (sulfide) groups is 1. The second-order valence-electron chi connectivity index (χ2n) is 7.25. The molecule has 0 spiro atoms. The van der Waals surface area contributed by atoms with E-state index >= 15 is 0 Å². The van der Waals surface area contributed by atoms with Gasteiger partial charge in [-0.2, -0.15) is 5.26 Å². The molecule has 0 unspecified atom stereocenters. The van der Waals surface area contributed by atoms with E-state index in [1.54, 1.807) is 66.7 Å². The normalized spacial score (nSPS) is 10.7. The third kappa shape index (κ3) is 6.81. The summed E-state index contributed by atoms with van der Waals surface area (Å²) in [6.07, 6.45) is 1.51. The van der Waals surface area contributed by atoms with Crippen molar-refractivity contribution in [2.75, 3.05) is 32.4 Å². The van der Waals surface area contributed by atoms with Gasteiger partial charge < -0.3 is 24.8 Å². The zero-order chi connectivity index (χ0) is 25.9. The Morgan fingerprint density at radius 2 is 1.56 bits per heavy atom. The molecule has 9 heteroatoms. The number of nitriles is 1. The average molecular weight is 504 g/mol. The van der Waals surface area contributed by atoms with Gasteiger partial charge in [-0.05, 0) is 48.5 Å². The Bertz CT molecular complexity index is 1290. The minimum atomic E-state index is -0.534. The van der Waals surface area contributed by atoms with Crippen LogP contribution in [0.25, 0.3) is 6.08 Å². The van der Waals surface area contributed by atoms with Crippen LogP contribution in [0.3, 0.4) is 0 Å². The van der Waals surface area contributed by atoms with Crippen molar-refractivity contribution in [1.82, 2.24) is 5.32 Å². The van der Waals surface area contributed by atoms with Crippen LogP contribution < -0.4 is 24.8 Å². The maximum absolute atomic E-state index is 13.3. The number of nitrogens with one attached hydrogen (secondary N) is 2. The number of carbonyl (C=O) groups is 2. The number of carbonyl (C=O) groups excluding carboxylic acids is 2. The van der Waals surface area contributed by atoms with E-state index in [1.807, 2.05) is 0 Å². The van der Waals surface area contributed by atoms with Crippen LogP contribution in [0, 0.1) is 11.3 Å². The van der Waals surface area contributed by atoms with Crippen molar-refractivity contribution in [2.24, 2.45) is 0 Å². The van der Waals surface area contributed by atoms with Crippen molar-refractivity contribution in [3.8, 4) is 23.3 Å². The molecule has 184 valence electrons. The number of rotatable bonds is 10. The zero-order valence-corrected chi connectivity index (χ0v) is 20.8. The lowest BCUT2D eigenvalue weighted by molar-refractivity contribution is -0.113. The van der Waals surface area contributed by atoms with Crippen molar-refractivity contribution in [2.45, 2.75) is 4.90 Å². The van der Waals surface area contributed by atoms with Crippen LogP contribution in [0.5, 0.6) is 17.2 Å². The Morgan fingerprint density at radius 3 is 2.17 bits per heavy atom. The van der Waals surface area contributed by atoms with Crippen molar-refractivity contribution in [3.05, 3.63) is 83.6 Å². The molecule has 8 nitrogen and oxygen atoms in total. The SMILES string of the molecule is COc1cc(OC)c(OC)cc1/C=C(\NC(=O)c1ccccc1)C(=O)Nc1ccc(SCC#N)cc1. The predicted molar refractivity (Wildman–Crippen MR) is 139 cm³/mol. The molecule has 0 aliphatic rings. The maximum atomic E-state index is 13.3. The molecular formula is C27H25N3O5S. The van der Waals surface area contributed by atoms with E-state index in [9.17, 15) is 9.59 Å². The highest BCUT2D eigenvalue weighted by Gasteiger charge is 2.18. The first kappa shape index (κ1) is 26.2. The highest BCUT2D eigenvalue weighted by Crippen LogP contribution is 2.35. The van der Waals surface area contributed by atoms with Crippen LogP contribution in [-0.4, -0.2) is 38.9 Å². The van der Waals surface area contributed by atoms with E-state index in [0.717, 1.165) is 4.90 Å².